The quantitative estimate of drug-likeness (QED) is 0.802. The first kappa shape index (κ1) is 11.6. The standard InChI is InChI=1S/C12H17NO2/c1-12(2,11(15)13(3)4)9-5-7-10(14)8-6-9/h5-8,14H,1-4H3. The molecule has 0 radical (unpaired) electrons. The highest BCUT2D eigenvalue weighted by molar-refractivity contribution is 5.87. The minimum absolute atomic E-state index is 0.0492. The molecule has 1 amide bonds. The zero-order chi connectivity index (χ0) is 11.6. The molecule has 3 heteroatoms. The van der Waals surface area contributed by atoms with Gasteiger partial charge < -0.3 is 10.0 Å². The molecule has 15 heavy (non-hydrogen) atoms. The van der Waals surface area contributed by atoms with E-state index < -0.39 is 5.41 Å². The fourth-order valence-corrected chi connectivity index (χ4v) is 1.56. The van der Waals surface area contributed by atoms with Gasteiger partial charge in [-0.1, -0.05) is 12.1 Å². The maximum Gasteiger partial charge on any atom is 0.232 e. The van der Waals surface area contributed by atoms with Crippen LogP contribution in [0.1, 0.15) is 19.4 Å². The van der Waals surface area contributed by atoms with Gasteiger partial charge in [-0.05, 0) is 31.5 Å². The fourth-order valence-electron chi connectivity index (χ4n) is 1.56. The van der Waals surface area contributed by atoms with Gasteiger partial charge in [0.1, 0.15) is 5.75 Å². The summed E-state index contributed by atoms with van der Waals surface area (Å²) in [7, 11) is 3.48. The van der Waals surface area contributed by atoms with Gasteiger partial charge in [-0.25, -0.2) is 0 Å². The Hall–Kier alpha value is -1.51. The Bertz CT molecular complexity index is 352. The highest BCUT2D eigenvalue weighted by atomic mass is 16.3. The molecule has 0 bridgehead atoms. The summed E-state index contributed by atoms with van der Waals surface area (Å²) in [5.74, 6) is 0.264. The minimum atomic E-state index is -0.558. The Balaban J connectivity index is 3.05. The molecule has 0 heterocycles. The molecular formula is C12H17NO2. The van der Waals surface area contributed by atoms with Crippen molar-refractivity contribution in [3.05, 3.63) is 29.8 Å². The molecule has 0 aromatic heterocycles. The lowest BCUT2D eigenvalue weighted by Crippen LogP contribution is -2.39. The summed E-state index contributed by atoms with van der Waals surface area (Å²) in [5.41, 5.74) is 0.344. The van der Waals surface area contributed by atoms with Gasteiger partial charge in [0, 0.05) is 14.1 Å². The zero-order valence-corrected chi connectivity index (χ0v) is 9.61. The summed E-state index contributed by atoms with van der Waals surface area (Å²) < 4.78 is 0. The summed E-state index contributed by atoms with van der Waals surface area (Å²) in [6, 6.07) is 6.74. The largest absolute Gasteiger partial charge is 0.508 e. The van der Waals surface area contributed by atoms with Gasteiger partial charge in [-0.15, -0.1) is 0 Å². The number of likely N-dealkylation sites (N-methyl/N-ethyl adjacent to an activating group) is 1. The summed E-state index contributed by atoms with van der Waals surface area (Å²) >= 11 is 0. The van der Waals surface area contributed by atoms with Crippen molar-refractivity contribution < 1.29 is 9.90 Å². The second-order valence-corrected chi connectivity index (χ2v) is 4.37. The van der Waals surface area contributed by atoms with E-state index in [2.05, 4.69) is 0 Å². The molecule has 0 unspecified atom stereocenters. The number of rotatable bonds is 2. The fraction of sp³-hybridized carbons (Fsp3) is 0.417. The van der Waals surface area contributed by atoms with E-state index in [-0.39, 0.29) is 11.7 Å². The van der Waals surface area contributed by atoms with Gasteiger partial charge in [0.2, 0.25) is 5.91 Å². The number of hydrogen-bond donors (Lipinski definition) is 1. The SMILES string of the molecule is CN(C)C(=O)C(C)(C)c1ccc(O)cc1. The van der Waals surface area contributed by atoms with Crippen molar-refractivity contribution in [3.63, 3.8) is 0 Å². The van der Waals surface area contributed by atoms with Crippen molar-refractivity contribution >= 4 is 5.91 Å². The van der Waals surface area contributed by atoms with E-state index in [1.54, 1.807) is 43.3 Å². The molecule has 0 spiro atoms. The number of amides is 1. The topological polar surface area (TPSA) is 40.5 Å². The van der Waals surface area contributed by atoms with Crippen LogP contribution in [0.4, 0.5) is 0 Å². The van der Waals surface area contributed by atoms with Gasteiger partial charge in [0.15, 0.2) is 0 Å². The first-order chi connectivity index (χ1) is 6.85. The van der Waals surface area contributed by atoms with Gasteiger partial charge in [0.25, 0.3) is 0 Å². The smallest absolute Gasteiger partial charge is 0.232 e. The number of benzene rings is 1. The molecule has 0 aliphatic heterocycles. The number of phenols is 1. The number of hydrogen-bond acceptors (Lipinski definition) is 2. The molecule has 0 fully saturated rings. The molecule has 1 N–H and O–H groups in total. The van der Waals surface area contributed by atoms with E-state index in [1.165, 1.54) is 0 Å². The van der Waals surface area contributed by atoms with Crippen LogP contribution in [0.15, 0.2) is 24.3 Å². The lowest BCUT2D eigenvalue weighted by Gasteiger charge is -2.27. The molecular weight excluding hydrogens is 190 g/mol. The molecule has 0 atom stereocenters. The van der Waals surface area contributed by atoms with Gasteiger partial charge in [-0.3, -0.25) is 4.79 Å². The third-order valence-corrected chi connectivity index (χ3v) is 2.53. The van der Waals surface area contributed by atoms with Crippen molar-refractivity contribution in [2.75, 3.05) is 14.1 Å². The summed E-state index contributed by atoms with van der Waals surface area (Å²) in [6.07, 6.45) is 0. The van der Waals surface area contributed by atoms with Gasteiger partial charge in [0.05, 0.1) is 5.41 Å². The van der Waals surface area contributed by atoms with Crippen LogP contribution in [0, 0.1) is 0 Å². The Morgan fingerprint density at radius 2 is 1.67 bits per heavy atom. The molecule has 1 aromatic carbocycles. The number of phenolic OH excluding ortho intramolecular Hbond substituents is 1. The number of carbonyl (C=O) groups excluding carboxylic acids is 1. The maximum absolute atomic E-state index is 11.9. The van der Waals surface area contributed by atoms with Crippen LogP contribution >= 0.6 is 0 Å². The Morgan fingerprint density at radius 1 is 1.20 bits per heavy atom. The first-order valence-corrected chi connectivity index (χ1v) is 4.87. The van der Waals surface area contributed by atoms with Crippen LogP contribution in [0.3, 0.4) is 0 Å². The lowest BCUT2D eigenvalue weighted by atomic mass is 9.83. The molecule has 3 nitrogen and oxygen atoms in total. The van der Waals surface area contributed by atoms with Crippen molar-refractivity contribution in [1.82, 2.24) is 4.90 Å². The normalized spacial score (nSPS) is 11.2. The highest BCUT2D eigenvalue weighted by Gasteiger charge is 2.30. The van der Waals surface area contributed by atoms with Crippen LogP contribution in [0.2, 0.25) is 0 Å². The summed E-state index contributed by atoms with van der Waals surface area (Å²) in [4.78, 5) is 13.5. The van der Waals surface area contributed by atoms with E-state index >= 15 is 0 Å². The maximum atomic E-state index is 11.9. The number of aromatic hydroxyl groups is 1. The average Bonchev–Trinajstić information content (AvgIpc) is 2.17. The van der Waals surface area contributed by atoms with Crippen molar-refractivity contribution in [3.8, 4) is 5.75 Å². The van der Waals surface area contributed by atoms with Gasteiger partial charge >= 0.3 is 0 Å². The third-order valence-electron chi connectivity index (χ3n) is 2.53. The molecule has 82 valence electrons. The highest BCUT2D eigenvalue weighted by Crippen LogP contribution is 2.26. The van der Waals surface area contributed by atoms with E-state index in [9.17, 15) is 9.90 Å². The molecule has 1 rings (SSSR count). The molecule has 0 aliphatic rings. The first-order valence-electron chi connectivity index (χ1n) is 4.87. The average molecular weight is 207 g/mol. The molecule has 0 saturated heterocycles. The molecule has 0 aliphatic carbocycles. The van der Waals surface area contributed by atoms with Crippen molar-refractivity contribution in [2.24, 2.45) is 0 Å². The van der Waals surface area contributed by atoms with Crippen LogP contribution in [0.5, 0.6) is 5.75 Å². The van der Waals surface area contributed by atoms with Crippen LogP contribution in [-0.2, 0) is 10.2 Å². The van der Waals surface area contributed by atoms with Crippen LogP contribution < -0.4 is 0 Å². The van der Waals surface area contributed by atoms with E-state index in [1.807, 2.05) is 13.8 Å². The monoisotopic (exact) mass is 207 g/mol. The Morgan fingerprint density at radius 3 is 2.07 bits per heavy atom. The zero-order valence-electron chi connectivity index (χ0n) is 9.61. The van der Waals surface area contributed by atoms with Crippen LogP contribution in [-0.4, -0.2) is 30.0 Å². The number of carbonyl (C=O) groups is 1. The second kappa shape index (κ2) is 3.93. The van der Waals surface area contributed by atoms with E-state index in [0.717, 1.165) is 5.56 Å². The van der Waals surface area contributed by atoms with Crippen molar-refractivity contribution in [1.29, 1.82) is 0 Å². The predicted molar refractivity (Wildman–Crippen MR) is 59.8 cm³/mol. The van der Waals surface area contributed by atoms with E-state index in [4.69, 9.17) is 0 Å². The Labute approximate surface area is 90.3 Å². The molecule has 0 saturated carbocycles. The van der Waals surface area contributed by atoms with Crippen molar-refractivity contribution in [2.45, 2.75) is 19.3 Å². The third kappa shape index (κ3) is 2.29. The predicted octanol–water partition coefficient (Wildman–Crippen LogP) is 1.76. The second-order valence-electron chi connectivity index (χ2n) is 4.37. The van der Waals surface area contributed by atoms with Crippen LogP contribution in [0.25, 0.3) is 0 Å². The number of nitrogens with zero attached hydrogens (tertiary/aromatic N) is 1. The Kier molecular flexibility index (Phi) is 3.03. The van der Waals surface area contributed by atoms with E-state index in [0.29, 0.717) is 0 Å². The summed E-state index contributed by atoms with van der Waals surface area (Å²) in [5, 5.41) is 9.17. The summed E-state index contributed by atoms with van der Waals surface area (Å²) in [6.45, 7) is 3.75. The molecule has 1 aromatic rings. The lowest BCUT2D eigenvalue weighted by molar-refractivity contribution is -0.133. The minimum Gasteiger partial charge on any atom is -0.508 e. The van der Waals surface area contributed by atoms with Gasteiger partial charge in [-0.2, -0.15) is 0 Å².